The van der Waals surface area contributed by atoms with E-state index in [1.165, 1.54) is 0 Å². The molecule has 1 fully saturated rings. The number of aromatic nitrogens is 1. The van der Waals surface area contributed by atoms with E-state index in [-0.39, 0.29) is 0 Å². The van der Waals surface area contributed by atoms with Gasteiger partial charge < -0.3 is 15.4 Å². The number of ether oxygens (including phenoxy) is 1. The fourth-order valence-electron chi connectivity index (χ4n) is 2.17. The highest BCUT2D eigenvalue weighted by atomic mass is 16.5. The zero-order valence-electron chi connectivity index (χ0n) is 9.89. The van der Waals surface area contributed by atoms with Crippen LogP contribution in [0.15, 0.2) is 18.3 Å². The van der Waals surface area contributed by atoms with Gasteiger partial charge in [-0.05, 0) is 25.5 Å². The van der Waals surface area contributed by atoms with Gasteiger partial charge in [0, 0.05) is 20.2 Å². The summed E-state index contributed by atoms with van der Waals surface area (Å²) in [6.45, 7) is 3.47. The number of nitrogens with two attached hydrogens (primary N) is 1. The summed E-state index contributed by atoms with van der Waals surface area (Å²) in [5.41, 5.74) is 7.57. The van der Waals surface area contributed by atoms with E-state index in [2.05, 4.69) is 29.9 Å². The molecule has 0 saturated carbocycles. The molecule has 0 bridgehead atoms. The minimum absolute atomic E-state index is 0.291. The molecule has 4 nitrogen and oxygen atoms in total. The number of rotatable bonds is 3. The van der Waals surface area contributed by atoms with E-state index < -0.39 is 0 Å². The first-order valence-corrected chi connectivity index (χ1v) is 5.72. The largest absolute Gasteiger partial charge is 0.376 e. The first-order valence-electron chi connectivity index (χ1n) is 5.72. The molecule has 0 amide bonds. The first-order chi connectivity index (χ1) is 7.72. The third-order valence-corrected chi connectivity index (χ3v) is 3.26. The minimum atomic E-state index is 0.291. The number of anilines is 1. The number of pyridine rings is 1. The maximum atomic E-state index is 5.57. The molecule has 2 heterocycles. The van der Waals surface area contributed by atoms with Crippen molar-refractivity contribution in [2.75, 3.05) is 18.6 Å². The maximum absolute atomic E-state index is 5.57. The predicted molar refractivity (Wildman–Crippen MR) is 64.4 cm³/mol. The molecule has 2 atom stereocenters. The van der Waals surface area contributed by atoms with E-state index in [1.54, 1.807) is 0 Å². The summed E-state index contributed by atoms with van der Waals surface area (Å²) in [4.78, 5) is 6.55. The summed E-state index contributed by atoms with van der Waals surface area (Å²) in [6.07, 6.45) is 3.25. The third-order valence-electron chi connectivity index (χ3n) is 3.26. The zero-order valence-corrected chi connectivity index (χ0v) is 9.89. The maximum Gasteiger partial charge on any atom is 0.0750 e. The number of hydrogen-bond donors (Lipinski definition) is 1. The summed E-state index contributed by atoms with van der Waals surface area (Å²) < 4.78 is 5.57. The third kappa shape index (κ3) is 2.18. The Morgan fingerprint density at radius 1 is 1.56 bits per heavy atom. The highest BCUT2D eigenvalue weighted by Gasteiger charge is 2.28. The lowest BCUT2D eigenvalue weighted by Gasteiger charge is -2.28. The van der Waals surface area contributed by atoms with Crippen LogP contribution in [0.5, 0.6) is 0 Å². The summed E-state index contributed by atoms with van der Waals surface area (Å²) in [5.74, 6) is 0. The van der Waals surface area contributed by atoms with Crippen LogP contribution in [0.1, 0.15) is 19.0 Å². The Kier molecular flexibility index (Phi) is 3.41. The fourth-order valence-corrected chi connectivity index (χ4v) is 2.17. The van der Waals surface area contributed by atoms with Crippen LogP contribution in [0.25, 0.3) is 0 Å². The molecule has 2 rings (SSSR count). The van der Waals surface area contributed by atoms with Gasteiger partial charge in [-0.1, -0.05) is 0 Å². The van der Waals surface area contributed by atoms with Gasteiger partial charge in [0.2, 0.25) is 0 Å². The van der Waals surface area contributed by atoms with E-state index in [1.807, 2.05) is 12.3 Å². The quantitative estimate of drug-likeness (QED) is 0.832. The van der Waals surface area contributed by atoms with Gasteiger partial charge in [0.1, 0.15) is 0 Å². The van der Waals surface area contributed by atoms with Crippen molar-refractivity contribution in [2.24, 2.45) is 5.73 Å². The Morgan fingerprint density at radius 3 is 2.88 bits per heavy atom. The molecule has 4 heteroatoms. The monoisotopic (exact) mass is 221 g/mol. The van der Waals surface area contributed by atoms with Crippen LogP contribution in [0.3, 0.4) is 0 Å². The molecule has 16 heavy (non-hydrogen) atoms. The molecule has 0 radical (unpaired) electrons. The molecule has 0 spiro atoms. The Bertz CT molecular complexity index is 339. The topological polar surface area (TPSA) is 51.4 Å². The van der Waals surface area contributed by atoms with Crippen molar-refractivity contribution in [3.8, 4) is 0 Å². The van der Waals surface area contributed by atoms with Gasteiger partial charge in [0.15, 0.2) is 0 Å². The molecular formula is C12H19N3O. The van der Waals surface area contributed by atoms with E-state index >= 15 is 0 Å². The molecule has 0 aromatic carbocycles. The first kappa shape index (κ1) is 11.4. The van der Waals surface area contributed by atoms with Crippen LogP contribution in [0, 0.1) is 0 Å². The molecule has 1 aromatic heterocycles. The lowest BCUT2D eigenvalue weighted by atomic mass is 10.1. The van der Waals surface area contributed by atoms with Crippen molar-refractivity contribution in [1.29, 1.82) is 0 Å². The molecule has 88 valence electrons. The van der Waals surface area contributed by atoms with E-state index in [4.69, 9.17) is 10.5 Å². The smallest absolute Gasteiger partial charge is 0.0750 e. The van der Waals surface area contributed by atoms with Crippen molar-refractivity contribution in [2.45, 2.75) is 32.0 Å². The number of likely N-dealkylation sites (N-methyl/N-ethyl adjacent to an activating group) is 1. The Labute approximate surface area is 96.4 Å². The standard InChI is InChI=1S/C12H19N3O/c1-9-12(5-6-16-9)15(2)11-4-3-10(7-13)14-8-11/h3-4,8-9,12H,5-7,13H2,1-2H3. The van der Waals surface area contributed by atoms with Crippen LogP contribution in [-0.4, -0.2) is 30.8 Å². The molecular weight excluding hydrogens is 202 g/mol. The Morgan fingerprint density at radius 2 is 2.38 bits per heavy atom. The summed E-state index contributed by atoms with van der Waals surface area (Å²) in [6, 6.07) is 4.50. The van der Waals surface area contributed by atoms with Crippen LogP contribution < -0.4 is 10.6 Å². The van der Waals surface area contributed by atoms with E-state index in [0.717, 1.165) is 24.4 Å². The fraction of sp³-hybridized carbons (Fsp3) is 0.583. The molecule has 1 saturated heterocycles. The van der Waals surface area contributed by atoms with E-state index in [0.29, 0.717) is 18.7 Å². The van der Waals surface area contributed by atoms with Gasteiger partial charge in [-0.2, -0.15) is 0 Å². The minimum Gasteiger partial charge on any atom is -0.376 e. The van der Waals surface area contributed by atoms with Gasteiger partial charge in [-0.15, -0.1) is 0 Å². The molecule has 1 aliphatic rings. The lowest BCUT2D eigenvalue weighted by Crippen LogP contribution is -2.36. The Balaban J connectivity index is 2.10. The normalized spacial score (nSPS) is 24.7. The summed E-state index contributed by atoms with van der Waals surface area (Å²) in [7, 11) is 2.09. The number of nitrogens with zero attached hydrogens (tertiary/aromatic N) is 2. The van der Waals surface area contributed by atoms with Crippen molar-refractivity contribution in [3.63, 3.8) is 0 Å². The summed E-state index contributed by atoms with van der Waals surface area (Å²) in [5, 5.41) is 0. The van der Waals surface area contributed by atoms with Crippen molar-refractivity contribution < 1.29 is 4.74 Å². The predicted octanol–water partition coefficient (Wildman–Crippen LogP) is 1.15. The van der Waals surface area contributed by atoms with Gasteiger partial charge >= 0.3 is 0 Å². The second-order valence-electron chi connectivity index (χ2n) is 4.25. The lowest BCUT2D eigenvalue weighted by molar-refractivity contribution is 0.118. The van der Waals surface area contributed by atoms with Crippen molar-refractivity contribution >= 4 is 5.69 Å². The average molecular weight is 221 g/mol. The van der Waals surface area contributed by atoms with Crippen LogP contribution in [-0.2, 0) is 11.3 Å². The molecule has 2 N–H and O–H groups in total. The molecule has 1 aromatic rings. The highest BCUT2D eigenvalue weighted by molar-refractivity contribution is 5.45. The van der Waals surface area contributed by atoms with Crippen molar-refractivity contribution in [1.82, 2.24) is 4.98 Å². The summed E-state index contributed by atoms with van der Waals surface area (Å²) >= 11 is 0. The zero-order chi connectivity index (χ0) is 11.5. The van der Waals surface area contributed by atoms with Gasteiger partial charge in [0.05, 0.1) is 29.7 Å². The second-order valence-corrected chi connectivity index (χ2v) is 4.25. The average Bonchev–Trinajstić information content (AvgIpc) is 2.75. The van der Waals surface area contributed by atoms with Crippen molar-refractivity contribution in [3.05, 3.63) is 24.0 Å². The SMILES string of the molecule is CC1OCCC1N(C)c1ccc(CN)nc1. The molecule has 2 unspecified atom stereocenters. The molecule has 0 aliphatic carbocycles. The van der Waals surface area contributed by atoms with Crippen LogP contribution >= 0.6 is 0 Å². The second kappa shape index (κ2) is 4.80. The van der Waals surface area contributed by atoms with Gasteiger partial charge in [0.25, 0.3) is 0 Å². The molecule has 1 aliphatic heterocycles. The van der Waals surface area contributed by atoms with E-state index in [9.17, 15) is 0 Å². The van der Waals surface area contributed by atoms with Crippen LogP contribution in [0.2, 0.25) is 0 Å². The van der Waals surface area contributed by atoms with Gasteiger partial charge in [-0.3, -0.25) is 4.98 Å². The van der Waals surface area contributed by atoms with Crippen LogP contribution in [0.4, 0.5) is 5.69 Å². The highest BCUT2D eigenvalue weighted by Crippen LogP contribution is 2.23. The number of hydrogen-bond acceptors (Lipinski definition) is 4. The van der Waals surface area contributed by atoms with Gasteiger partial charge in [-0.25, -0.2) is 0 Å². The Hall–Kier alpha value is -1.13.